The Hall–Kier alpha value is -1.28. The van der Waals surface area contributed by atoms with Gasteiger partial charge in [-0.25, -0.2) is 0 Å². The molecular weight excluding hydrogens is 555 g/mol. The van der Waals surface area contributed by atoms with E-state index in [4.69, 9.17) is 9.47 Å². The van der Waals surface area contributed by atoms with E-state index in [1.54, 1.807) is 7.11 Å². The van der Waals surface area contributed by atoms with E-state index in [1.807, 2.05) is 21.1 Å². The van der Waals surface area contributed by atoms with E-state index in [0.29, 0.717) is 6.61 Å². The van der Waals surface area contributed by atoms with Crippen molar-refractivity contribution in [2.24, 2.45) is 5.41 Å². The molecule has 3 nitrogen and oxygen atoms in total. The van der Waals surface area contributed by atoms with Crippen LogP contribution in [0.1, 0.15) is 56.6 Å². The Morgan fingerprint density at radius 1 is 1.09 bits per heavy atom. The lowest BCUT2D eigenvalue weighted by Crippen LogP contribution is -2.26. The van der Waals surface area contributed by atoms with E-state index >= 15 is 0 Å². The number of benzene rings is 2. The summed E-state index contributed by atoms with van der Waals surface area (Å²) in [5.74, 6) is 0.913. The van der Waals surface area contributed by atoms with Crippen molar-refractivity contribution < 1.29 is 14.6 Å². The van der Waals surface area contributed by atoms with Crippen molar-refractivity contribution in [2.75, 3.05) is 13.7 Å². The van der Waals surface area contributed by atoms with E-state index in [-0.39, 0.29) is 11.5 Å². The highest BCUT2D eigenvalue weighted by atomic mass is 127. The molecule has 0 amide bonds. The van der Waals surface area contributed by atoms with Crippen LogP contribution in [0.25, 0.3) is 0 Å². The number of methoxy groups -OCH3 is 1. The van der Waals surface area contributed by atoms with Crippen molar-refractivity contribution >= 4 is 30.1 Å². The van der Waals surface area contributed by atoms with Crippen molar-refractivity contribution in [3.63, 3.8) is 0 Å². The Labute approximate surface area is 220 Å². The number of aliphatic hydroxyl groups is 1. The molecule has 5 heteroatoms. The second-order valence-electron chi connectivity index (χ2n) is 9.59. The molecule has 2 aliphatic carbocycles. The van der Waals surface area contributed by atoms with Crippen LogP contribution in [0.15, 0.2) is 76.2 Å². The quantitative estimate of drug-likeness (QED) is 0.214. The summed E-state index contributed by atoms with van der Waals surface area (Å²) in [6, 6.07) is 18.8. The normalized spacial score (nSPS) is 22.3. The van der Waals surface area contributed by atoms with Gasteiger partial charge in [-0.15, -0.1) is 0 Å². The van der Waals surface area contributed by atoms with Gasteiger partial charge in [0, 0.05) is 27.8 Å². The Balaban J connectivity index is 1.48. The van der Waals surface area contributed by atoms with Crippen LogP contribution in [-0.2, 0) is 17.8 Å². The third-order valence-electron chi connectivity index (χ3n) is 7.39. The zero-order chi connectivity index (χ0) is 24.0. The molecular formula is C29H35IO3S. The summed E-state index contributed by atoms with van der Waals surface area (Å²) in [7, 11) is 3.58. The molecule has 1 fully saturated rings. The molecule has 2 aromatic carbocycles. The van der Waals surface area contributed by atoms with Gasteiger partial charge < -0.3 is 14.6 Å². The fraction of sp³-hybridized carbons (Fsp3) is 0.448. The van der Waals surface area contributed by atoms with Crippen molar-refractivity contribution in [3.05, 3.63) is 87.3 Å². The summed E-state index contributed by atoms with van der Waals surface area (Å²) in [5, 5.41) is 10.8. The van der Waals surface area contributed by atoms with Crippen LogP contribution in [-0.4, -0.2) is 24.9 Å². The molecule has 0 radical (unpaired) electrons. The summed E-state index contributed by atoms with van der Waals surface area (Å²) < 4.78 is 11.4. The van der Waals surface area contributed by atoms with E-state index in [0.717, 1.165) is 57.3 Å². The molecule has 34 heavy (non-hydrogen) atoms. The highest BCUT2D eigenvalue weighted by molar-refractivity contribution is 14.2. The fourth-order valence-corrected chi connectivity index (χ4v) is 7.72. The van der Waals surface area contributed by atoms with Gasteiger partial charge in [0.25, 0.3) is 0 Å². The van der Waals surface area contributed by atoms with Crippen molar-refractivity contribution in [1.29, 1.82) is 0 Å². The van der Waals surface area contributed by atoms with Gasteiger partial charge in [0.1, 0.15) is 5.75 Å². The van der Waals surface area contributed by atoms with E-state index in [9.17, 15) is 5.11 Å². The third-order valence-corrected chi connectivity index (χ3v) is 9.62. The molecule has 0 unspecified atom stereocenters. The van der Waals surface area contributed by atoms with Crippen LogP contribution >= 0.6 is 30.1 Å². The molecule has 0 spiro atoms. The van der Waals surface area contributed by atoms with Gasteiger partial charge in [0.2, 0.25) is 0 Å². The predicted octanol–water partition coefficient (Wildman–Crippen LogP) is 7.82. The highest BCUT2D eigenvalue weighted by Crippen LogP contribution is 2.58. The largest absolute Gasteiger partial charge is 0.497 e. The standard InChI is InChI=1S/C29H35IO3S/c1-21-26(13-12-22-10-6-11-25(16-22)32-2)27-17-24(31)18-29(27,19-28(21)34-30)14-7-15-33-20-23-8-4-3-5-9-23/h3-6,8-11,16,24,31H,7,12-15,17-20H2,1-2H3/t24-,29+/m0/s1. The first kappa shape index (κ1) is 25.8. The first-order valence-corrected chi connectivity index (χ1v) is 15.5. The summed E-state index contributed by atoms with van der Waals surface area (Å²) in [6.45, 7) is 3.71. The molecule has 2 aliphatic rings. The lowest BCUT2D eigenvalue weighted by Gasteiger charge is -2.38. The zero-order valence-electron chi connectivity index (χ0n) is 20.2. The fourth-order valence-electron chi connectivity index (χ4n) is 5.69. The number of rotatable bonds is 11. The highest BCUT2D eigenvalue weighted by Gasteiger charge is 2.46. The summed E-state index contributed by atoms with van der Waals surface area (Å²) in [6.07, 6.45) is 6.59. The molecule has 0 saturated heterocycles. The van der Waals surface area contributed by atoms with Crippen molar-refractivity contribution in [3.8, 4) is 5.75 Å². The number of hydrogen-bond acceptors (Lipinski definition) is 4. The third kappa shape index (κ3) is 6.10. The minimum Gasteiger partial charge on any atom is -0.497 e. The first-order chi connectivity index (χ1) is 16.5. The summed E-state index contributed by atoms with van der Waals surface area (Å²) >= 11 is 2.44. The Bertz CT molecular complexity index is 1030. The van der Waals surface area contributed by atoms with Crippen LogP contribution in [0.5, 0.6) is 5.75 Å². The number of fused-ring (bicyclic) bond motifs is 1. The zero-order valence-corrected chi connectivity index (χ0v) is 23.2. The summed E-state index contributed by atoms with van der Waals surface area (Å²) in [4.78, 5) is 1.48. The van der Waals surface area contributed by atoms with Gasteiger partial charge in [0.15, 0.2) is 0 Å². The van der Waals surface area contributed by atoms with Gasteiger partial charge in [-0.1, -0.05) is 57.0 Å². The van der Waals surface area contributed by atoms with Gasteiger partial charge in [0.05, 0.1) is 19.8 Å². The Morgan fingerprint density at radius 2 is 1.88 bits per heavy atom. The number of ether oxygens (including phenoxy) is 2. The minimum absolute atomic E-state index is 0.0756. The topological polar surface area (TPSA) is 38.7 Å². The van der Waals surface area contributed by atoms with Crippen molar-refractivity contribution in [1.82, 2.24) is 0 Å². The molecule has 1 saturated carbocycles. The van der Waals surface area contributed by atoms with Crippen LogP contribution in [0.3, 0.4) is 0 Å². The Morgan fingerprint density at radius 3 is 2.65 bits per heavy atom. The van der Waals surface area contributed by atoms with Crippen LogP contribution < -0.4 is 4.74 Å². The molecule has 182 valence electrons. The first-order valence-electron chi connectivity index (χ1n) is 12.2. The van der Waals surface area contributed by atoms with Gasteiger partial charge in [-0.3, -0.25) is 0 Å². The number of halogens is 1. The maximum atomic E-state index is 10.8. The molecule has 2 aromatic rings. The van der Waals surface area contributed by atoms with E-state index in [2.05, 4.69) is 70.6 Å². The molecule has 0 bridgehead atoms. The van der Waals surface area contributed by atoms with Gasteiger partial charge >= 0.3 is 0 Å². The maximum absolute atomic E-state index is 10.8. The SMILES string of the molecule is COc1cccc(CCC2=C3C[C@H](O)C[C@]3(CCCOCc3ccccc3)CC(SI)=C2C)c1. The average molecular weight is 591 g/mol. The predicted molar refractivity (Wildman–Crippen MR) is 150 cm³/mol. The number of allylic oxidation sites excluding steroid dienone is 3. The number of hydrogen-bond donors (Lipinski definition) is 1. The van der Waals surface area contributed by atoms with Gasteiger partial charge in [-0.05, 0) is 96.6 Å². The van der Waals surface area contributed by atoms with Crippen LogP contribution in [0.4, 0.5) is 0 Å². The second-order valence-corrected chi connectivity index (χ2v) is 11.6. The molecule has 0 aromatic heterocycles. The molecule has 0 heterocycles. The van der Waals surface area contributed by atoms with Crippen molar-refractivity contribution in [2.45, 2.75) is 64.6 Å². The minimum atomic E-state index is -0.238. The monoisotopic (exact) mass is 590 g/mol. The smallest absolute Gasteiger partial charge is 0.119 e. The van der Waals surface area contributed by atoms with Gasteiger partial charge in [-0.2, -0.15) is 0 Å². The second kappa shape index (κ2) is 12.1. The van der Waals surface area contributed by atoms with Crippen LogP contribution in [0, 0.1) is 5.41 Å². The van der Waals surface area contributed by atoms with Crippen LogP contribution in [0.2, 0.25) is 0 Å². The number of aliphatic hydroxyl groups excluding tert-OH is 1. The lowest BCUT2D eigenvalue weighted by atomic mass is 9.68. The Kier molecular flexibility index (Phi) is 9.19. The maximum Gasteiger partial charge on any atom is 0.119 e. The molecule has 1 N–H and O–H groups in total. The van der Waals surface area contributed by atoms with E-state index < -0.39 is 0 Å². The molecule has 0 aliphatic heterocycles. The number of aryl methyl sites for hydroxylation is 1. The summed E-state index contributed by atoms with van der Waals surface area (Å²) in [5.41, 5.74) is 7.02. The molecule has 2 atom stereocenters. The lowest BCUT2D eigenvalue weighted by molar-refractivity contribution is 0.103. The average Bonchev–Trinajstić information content (AvgIpc) is 3.19. The van der Waals surface area contributed by atoms with E-state index in [1.165, 1.54) is 32.8 Å². The molecule has 4 rings (SSSR count).